The molecule has 0 bridgehead atoms. The molecule has 0 atom stereocenters. The molecule has 1 aliphatic heterocycles. The lowest BCUT2D eigenvalue weighted by Gasteiger charge is -2.08. The minimum Gasteiger partial charge on any atom is -0.512 e. The molecule has 1 aliphatic rings. The minimum absolute atomic E-state index is 0.00579. The number of aliphatic hydroxyl groups is 1. The summed E-state index contributed by atoms with van der Waals surface area (Å²) in [6.45, 7) is 3.04. The van der Waals surface area contributed by atoms with Crippen LogP contribution in [-0.2, 0) is 9.53 Å². The van der Waals surface area contributed by atoms with Crippen LogP contribution in [0.1, 0.15) is 35.3 Å². The fraction of sp³-hybridized carbons (Fsp3) is 0.143. The highest BCUT2D eigenvalue weighted by Crippen LogP contribution is 2.27. The molecule has 0 unspecified atom stereocenters. The molecule has 2 aromatic rings. The Balaban J connectivity index is 2.12. The quantitative estimate of drug-likeness (QED) is 0.245. The Labute approximate surface area is 181 Å². The van der Waals surface area contributed by atoms with E-state index in [1.807, 2.05) is 0 Å². The number of amides is 1. The lowest BCUT2D eigenvalue weighted by atomic mass is 9.99. The summed E-state index contributed by atoms with van der Waals surface area (Å²) < 4.78 is 5.00. The first kappa shape index (κ1) is 21.8. The van der Waals surface area contributed by atoms with Gasteiger partial charge in [-0.3, -0.25) is 14.9 Å². The second-order valence-electron chi connectivity index (χ2n) is 6.35. The first-order valence-electron chi connectivity index (χ1n) is 9.07. The van der Waals surface area contributed by atoms with Crippen LogP contribution in [0.25, 0.3) is 0 Å². The maximum absolute atomic E-state index is 12.7. The van der Waals surface area contributed by atoms with Crippen LogP contribution in [0, 0.1) is 10.1 Å². The number of hydrogen-bond acceptors (Lipinski definition) is 6. The number of aliphatic imine (C=N–C) groups is 2. The summed E-state index contributed by atoms with van der Waals surface area (Å²) in [6, 6.07) is 10.1. The van der Waals surface area contributed by atoms with Crippen LogP contribution in [-0.4, -0.2) is 40.1 Å². The summed E-state index contributed by atoms with van der Waals surface area (Å²) in [5.41, 5.74) is 0.383. The molecule has 0 saturated carbocycles. The minimum atomic E-state index is -0.842. The number of hydrogen-bond donors (Lipinski definition) is 1. The third-order valence-corrected chi connectivity index (χ3v) is 4.65. The molecule has 1 amide bonds. The number of carbonyl (C=O) groups excluding carboxylic acids is 2. The van der Waals surface area contributed by atoms with Gasteiger partial charge in [0.05, 0.1) is 27.8 Å². The van der Waals surface area contributed by atoms with E-state index in [1.165, 1.54) is 19.1 Å². The van der Waals surface area contributed by atoms with Crippen molar-refractivity contribution in [3.63, 3.8) is 0 Å². The number of carbonyl (C=O) groups is 2. The fourth-order valence-corrected chi connectivity index (χ4v) is 3.15. The van der Waals surface area contributed by atoms with E-state index in [0.717, 1.165) is 6.07 Å². The van der Waals surface area contributed by atoms with Gasteiger partial charge in [-0.05, 0) is 19.9 Å². The Hall–Kier alpha value is -3.85. The second kappa shape index (κ2) is 8.88. The van der Waals surface area contributed by atoms with E-state index >= 15 is 0 Å². The summed E-state index contributed by atoms with van der Waals surface area (Å²) in [5, 5.41) is 21.1. The molecular weight excluding hydrogens is 426 g/mol. The molecule has 3 rings (SSSR count). The zero-order valence-electron chi connectivity index (χ0n) is 16.5. The van der Waals surface area contributed by atoms with Crippen molar-refractivity contribution < 1.29 is 24.4 Å². The van der Waals surface area contributed by atoms with Crippen LogP contribution in [0.5, 0.6) is 0 Å². The molecule has 2 aromatic carbocycles. The van der Waals surface area contributed by atoms with E-state index in [4.69, 9.17) is 16.3 Å². The lowest BCUT2D eigenvalue weighted by Crippen LogP contribution is -2.18. The number of benzene rings is 2. The maximum atomic E-state index is 12.7. The number of rotatable bonds is 5. The largest absolute Gasteiger partial charge is 0.512 e. The highest BCUT2D eigenvalue weighted by atomic mass is 35.5. The van der Waals surface area contributed by atoms with Gasteiger partial charge in [0.2, 0.25) is 0 Å². The summed E-state index contributed by atoms with van der Waals surface area (Å²) in [4.78, 5) is 43.7. The number of allylic oxidation sites excluding steroid dienone is 1. The van der Waals surface area contributed by atoms with Crippen LogP contribution in [0.4, 0.5) is 5.69 Å². The number of non-ortho nitro benzene ring substituents is 1. The van der Waals surface area contributed by atoms with Crippen molar-refractivity contribution >= 4 is 40.7 Å². The molecule has 10 heteroatoms. The molecule has 9 nitrogen and oxygen atoms in total. The molecule has 0 fully saturated rings. The highest BCUT2D eigenvalue weighted by molar-refractivity contribution is 6.37. The number of halogens is 1. The van der Waals surface area contributed by atoms with E-state index in [0.29, 0.717) is 11.1 Å². The van der Waals surface area contributed by atoms with Crippen molar-refractivity contribution in [2.45, 2.75) is 13.8 Å². The van der Waals surface area contributed by atoms with Crippen molar-refractivity contribution in [3.8, 4) is 0 Å². The smallest absolute Gasteiger partial charge is 0.343 e. The Morgan fingerprint density at radius 2 is 1.90 bits per heavy atom. The first-order chi connectivity index (χ1) is 14.7. The molecule has 31 heavy (non-hydrogen) atoms. The fourth-order valence-electron chi connectivity index (χ4n) is 2.95. The number of nitro benzene ring substituents is 1. The molecule has 1 heterocycles. The van der Waals surface area contributed by atoms with Crippen LogP contribution in [0.15, 0.2) is 63.8 Å². The Kier molecular flexibility index (Phi) is 6.26. The van der Waals surface area contributed by atoms with Gasteiger partial charge in [-0.15, -0.1) is 0 Å². The number of amidine groups is 1. The van der Waals surface area contributed by atoms with E-state index in [-0.39, 0.29) is 45.8 Å². The normalized spacial score (nSPS) is 14.5. The van der Waals surface area contributed by atoms with Crippen LogP contribution < -0.4 is 0 Å². The predicted molar refractivity (Wildman–Crippen MR) is 114 cm³/mol. The highest BCUT2D eigenvalue weighted by Gasteiger charge is 2.30. The molecule has 0 radical (unpaired) electrons. The molecule has 158 valence electrons. The zero-order valence-corrected chi connectivity index (χ0v) is 17.2. The van der Waals surface area contributed by atoms with Gasteiger partial charge < -0.3 is 9.84 Å². The first-order valence-corrected chi connectivity index (χ1v) is 9.45. The van der Waals surface area contributed by atoms with Crippen LogP contribution >= 0.6 is 11.6 Å². The average Bonchev–Trinajstić information content (AvgIpc) is 3.06. The Morgan fingerprint density at radius 3 is 2.52 bits per heavy atom. The van der Waals surface area contributed by atoms with Crippen molar-refractivity contribution in [2.75, 3.05) is 6.61 Å². The summed E-state index contributed by atoms with van der Waals surface area (Å²) in [6.07, 6.45) is 0. The third-order valence-electron chi connectivity index (χ3n) is 4.32. The van der Waals surface area contributed by atoms with Crippen molar-refractivity contribution in [2.24, 2.45) is 9.98 Å². The number of nitrogens with zero attached hydrogens (tertiary/aromatic N) is 3. The number of ether oxygens (including phenoxy) is 1. The topological polar surface area (TPSA) is 131 Å². The molecule has 1 N–H and O–H groups in total. The molecule has 0 saturated heterocycles. The van der Waals surface area contributed by atoms with Crippen LogP contribution in [0.2, 0.25) is 5.02 Å². The number of aliphatic hydroxyl groups excluding tert-OH is 1. The Morgan fingerprint density at radius 1 is 1.23 bits per heavy atom. The zero-order chi connectivity index (χ0) is 22.7. The van der Waals surface area contributed by atoms with Gasteiger partial charge in [-0.2, -0.15) is 4.99 Å². The van der Waals surface area contributed by atoms with Gasteiger partial charge in [0.15, 0.2) is 5.84 Å². The summed E-state index contributed by atoms with van der Waals surface area (Å²) >= 11 is 6.03. The standard InChI is InChI=1S/C21H16ClN3O6/c1-3-31-21(28)17(11(2)26)18-13-6-4-5-7-14(13)19(23-18)24-20(27)15-10-12(25(29)30)8-9-16(15)22/h4-10,26H,3H2,1-2H3. The molecule has 0 aliphatic carbocycles. The summed E-state index contributed by atoms with van der Waals surface area (Å²) in [5.74, 6) is -1.95. The Bertz CT molecular complexity index is 1200. The van der Waals surface area contributed by atoms with Gasteiger partial charge in [0.25, 0.3) is 11.6 Å². The predicted octanol–water partition coefficient (Wildman–Crippen LogP) is 4.03. The third kappa shape index (κ3) is 4.36. The van der Waals surface area contributed by atoms with Crippen LogP contribution in [0.3, 0.4) is 0 Å². The van der Waals surface area contributed by atoms with Crippen molar-refractivity contribution in [3.05, 3.63) is 85.6 Å². The molecule has 0 aromatic heterocycles. The van der Waals surface area contributed by atoms with Gasteiger partial charge in [-0.1, -0.05) is 35.9 Å². The van der Waals surface area contributed by atoms with Gasteiger partial charge in [0, 0.05) is 23.3 Å². The van der Waals surface area contributed by atoms with Crippen molar-refractivity contribution in [1.29, 1.82) is 0 Å². The second-order valence-corrected chi connectivity index (χ2v) is 6.76. The van der Waals surface area contributed by atoms with E-state index in [9.17, 15) is 24.8 Å². The van der Waals surface area contributed by atoms with E-state index in [1.54, 1.807) is 31.2 Å². The van der Waals surface area contributed by atoms with Gasteiger partial charge >= 0.3 is 5.97 Å². The van der Waals surface area contributed by atoms with Gasteiger partial charge in [0.1, 0.15) is 11.3 Å². The monoisotopic (exact) mass is 441 g/mol. The van der Waals surface area contributed by atoms with Gasteiger partial charge in [-0.25, -0.2) is 9.79 Å². The molecule has 0 spiro atoms. The average molecular weight is 442 g/mol. The summed E-state index contributed by atoms with van der Waals surface area (Å²) in [7, 11) is 0. The van der Waals surface area contributed by atoms with Crippen molar-refractivity contribution in [1.82, 2.24) is 0 Å². The number of nitro groups is 1. The van der Waals surface area contributed by atoms with E-state index < -0.39 is 16.8 Å². The number of esters is 1. The maximum Gasteiger partial charge on any atom is 0.343 e. The number of fused-ring (bicyclic) bond motifs is 1. The SMILES string of the molecule is CCOC(=O)C(C1=NC(=NC(=O)c2cc([N+](=O)[O-])ccc2Cl)c2ccccc21)=C(C)O. The lowest BCUT2D eigenvalue weighted by molar-refractivity contribution is -0.384. The molecular formula is C21H16ClN3O6. The van der Waals surface area contributed by atoms with E-state index in [2.05, 4.69) is 9.98 Å².